The van der Waals surface area contributed by atoms with E-state index in [4.69, 9.17) is 17.3 Å². The largest absolute Gasteiger partial charge is 0.329 e. The van der Waals surface area contributed by atoms with E-state index in [1.165, 1.54) is 0 Å². The quantitative estimate of drug-likeness (QED) is 0.848. The van der Waals surface area contributed by atoms with Gasteiger partial charge in [0.25, 0.3) is 0 Å². The molecule has 1 fully saturated rings. The van der Waals surface area contributed by atoms with Gasteiger partial charge in [-0.1, -0.05) is 25.4 Å². The lowest BCUT2D eigenvalue weighted by Gasteiger charge is -2.37. The van der Waals surface area contributed by atoms with Crippen LogP contribution in [0.4, 0.5) is 0 Å². The van der Waals surface area contributed by atoms with Crippen LogP contribution in [0.15, 0.2) is 6.20 Å². The van der Waals surface area contributed by atoms with Crippen LogP contribution in [0.5, 0.6) is 0 Å². The number of halogens is 1. The predicted molar refractivity (Wildman–Crippen MR) is 81.0 cm³/mol. The molecule has 0 unspecified atom stereocenters. The van der Waals surface area contributed by atoms with Crippen molar-refractivity contribution < 1.29 is 4.79 Å². The molecule has 112 valence electrons. The first kappa shape index (κ1) is 15.5. The van der Waals surface area contributed by atoms with E-state index in [1.54, 1.807) is 10.9 Å². The van der Waals surface area contributed by atoms with Crippen molar-refractivity contribution in [1.82, 2.24) is 9.78 Å². The van der Waals surface area contributed by atoms with Crippen molar-refractivity contribution in [3.8, 4) is 0 Å². The van der Waals surface area contributed by atoms with E-state index < -0.39 is 5.41 Å². The third-order valence-corrected chi connectivity index (χ3v) is 4.83. The average molecular weight is 298 g/mol. The van der Waals surface area contributed by atoms with Crippen molar-refractivity contribution in [2.45, 2.75) is 52.5 Å². The maximum Gasteiger partial charge on any atom is 0.189 e. The molecule has 4 nitrogen and oxygen atoms in total. The van der Waals surface area contributed by atoms with Crippen molar-refractivity contribution in [2.24, 2.45) is 17.1 Å². The van der Waals surface area contributed by atoms with Crippen molar-refractivity contribution in [1.29, 1.82) is 0 Å². The second-order valence-corrected chi connectivity index (χ2v) is 6.47. The van der Waals surface area contributed by atoms with Crippen LogP contribution in [-0.4, -0.2) is 22.1 Å². The van der Waals surface area contributed by atoms with Gasteiger partial charge >= 0.3 is 0 Å². The van der Waals surface area contributed by atoms with Crippen LogP contribution < -0.4 is 5.73 Å². The van der Waals surface area contributed by atoms with Crippen LogP contribution in [0.25, 0.3) is 0 Å². The summed E-state index contributed by atoms with van der Waals surface area (Å²) in [5.74, 6) is 0.765. The Hall–Kier alpha value is -0.870. The summed E-state index contributed by atoms with van der Waals surface area (Å²) in [7, 11) is 0. The number of hydrogen-bond acceptors (Lipinski definition) is 3. The summed E-state index contributed by atoms with van der Waals surface area (Å²) in [5.41, 5.74) is 6.08. The zero-order chi connectivity index (χ0) is 14.8. The Balaban J connectivity index is 2.31. The molecule has 1 saturated carbocycles. The lowest BCUT2D eigenvalue weighted by Crippen LogP contribution is -2.42. The molecular weight excluding hydrogens is 274 g/mol. The van der Waals surface area contributed by atoms with Gasteiger partial charge in [-0.3, -0.25) is 9.48 Å². The molecule has 0 bridgehead atoms. The number of rotatable bonds is 5. The van der Waals surface area contributed by atoms with E-state index in [-0.39, 0.29) is 5.78 Å². The monoisotopic (exact) mass is 297 g/mol. The number of hydrogen-bond donors (Lipinski definition) is 1. The topological polar surface area (TPSA) is 60.9 Å². The highest BCUT2D eigenvalue weighted by Crippen LogP contribution is 2.41. The van der Waals surface area contributed by atoms with E-state index in [0.29, 0.717) is 29.7 Å². The normalized spacial score (nSPS) is 26.7. The molecule has 1 heterocycles. The Bertz CT molecular complexity index is 475. The van der Waals surface area contributed by atoms with Crippen molar-refractivity contribution in [3.05, 3.63) is 16.9 Å². The number of ketones is 1. The summed E-state index contributed by atoms with van der Waals surface area (Å²) >= 11 is 6.20. The molecule has 2 rings (SSSR count). The first-order valence-corrected chi connectivity index (χ1v) is 7.88. The lowest BCUT2D eigenvalue weighted by atomic mass is 9.67. The van der Waals surface area contributed by atoms with E-state index >= 15 is 0 Å². The molecule has 0 radical (unpaired) electrons. The molecule has 1 aromatic rings. The van der Waals surface area contributed by atoms with E-state index in [9.17, 15) is 4.79 Å². The molecule has 0 spiro atoms. The van der Waals surface area contributed by atoms with Gasteiger partial charge in [-0.2, -0.15) is 5.10 Å². The number of carbonyl (C=O) groups is 1. The molecule has 0 atom stereocenters. The minimum atomic E-state index is -0.443. The highest BCUT2D eigenvalue weighted by Gasteiger charge is 2.42. The van der Waals surface area contributed by atoms with Crippen molar-refractivity contribution in [3.63, 3.8) is 0 Å². The van der Waals surface area contributed by atoms with Crippen LogP contribution >= 0.6 is 11.6 Å². The molecule has 2 N–H and O–H groups in total. The van der Waals surface area contributed by atoms with Gasteiger partial charge in [0.05, 0.1) is 11.2 Å². The fraction of sp³-hybridized carbons (Fsp3) is 0.733. The molecule has 1 aliphatic carbocycles. The molecular formula is C15H24ClN3O. The first-order valence-electron chi connectivity index (χ1n) is 7.50. The summed E-state index contributed by atoms with van der Waals surface area (Å²) in [6.45, 7) is 5.40. The maximum atomic E-state index is 13.0. The van der Waals surface area contributed by atoms with Gasteiger partial charge in [-0.25, -0.2) is 0 Å². The van der Waals surface area contributed by atoms with Gasteiger partial charge in [0, 0.05) is 18.5 Å². The molecule has 5 heteroatoms. The molecule has 20 heavy (non-hydrogen) atoms. The Kier molecular flexibility index (Phi) is 4.86. The van der Waals surface area contributed by atoms with E-state index in [1.807, 2.05) is 0 Å². The summed E-state index contributed by atoms with van der Waals surface area (Å²) in [6.07, 6.45) is 6.32. The fourth-order valence-electron chi connectivity index (χ4n) is 3.06. The minimum absolute atomic E-state index is 0.0860. The SMILES string of the molecule is CCCn1ncc(Cl)c1C(=O)C1(CN)CCC(C)CC1. The van der Waals surface area contributed by atoms with Crippen LogP contribution in [0.2, 0.25) is 5.02 Å². The van der Waals surface area contributed by atoms with Crippen LogP contribution in [0, 0.1) is 11.3 Å². The second kappa shape index (κ2) is 6.27. The third-order valence-electron chi connectivity index (χ3n) is 4.55. The molecule has 0 aliphatic heterocycles. The standard InChI is InChI=1S/C15H24ClN3O/c1-3-8-19-13(12(16)9-18-19)14(20)15(10-17)6-4-11(2)5-7-15/h9,11H,3-8,10,17H2,1-2H3. The Morgan fingerprint density at radius 3 is 2.75 bits per heavy atom. The highest BCUT2D eigenvalue weighted by atomic mass is 35.5. The van der Waals surface area contributed by atoms with Crippen LogP contribution in [-0.2, 0) is 6.54 Å². The zero-order valence-electron chi connectivity index (χ0n) is 12.4. The molecule has 0 aromatic carbocycles. The van der Waals surface area contributed by atoms with Gasteiger partial charge in [0.15, 0.2) is 5.78 Å². The highest BCUT2D eigenvalue weighted by molar-refractivity contribution is 6.33. The van der Waals surface area contributed by atoms with E-state index in [2.05, 4.69) is 18.9 Å². The van der Waals surface area contributed by atoms with Gasteiger partial charge in [0.1, 0.15) is 5.69 Å². The Morgan fingerprint density at radius 1 is 1.55 bits per heavy atom. The lowest BCUT2D eigenvalue weighted by molar-refractivity contribution is 0.0683. The fourth-order valence-corrected chi connectivity index (χ4v) is 3.29. The molecule has 0 saturated heterocycles. The number of aryl methyl sites for hydroxylation is 1. The van der Waals surface area contributed by atoms with E-state index in [0.717, 1.165) is 32.1 Å². The number of aromatic nitrogens is 2. The first-order chi connectivity index (χ1) is 9.54. The van der Waals surface area contributed by atoms with Crippen molar-refractivity contribution >= 4 is 17.4 Å². The Labute approximate surface area is 125 Å². The number of carbonyl (C=O) groups excluding carboxylic acids is 1. The smallest absolute Gasteiger partial charge is 0.189 e. The summed E-state index contributed by atoms with van der Waals surface area (Å²) in [4.78, 5) is 13.0. The maximum absolute atomic E-state index is 13.0. The van der Waals surface area contributed by atoms with Crippen LogP contribution in [0.3, 0.4) is 0 Å². The summed E-state index contributed by atoms with van der Waals surface area (Å²) in [6, 6.07) is 0. The number of nitrogens with zero attached hydrogens (tertiary/aromatic N) is 2. The average Bonchev–Trinajstić information content (AvgIpc) is 2.81. The van der Waals surface area contributed by atoms with Gasteiger partial charge in [-0.15, -0.1) is 0 Å². The zero-order valence-corrected chi connectivity index (χ0v) is 13.1. The van der Waals surface area contributed by atoms with Crippen LogP contribution in [0.1, 0.15) is 56.4 Å². The third kappa shape index (κ3) is 2.77. The molecule has 1 aliphatic rings. The van der Waals surface area contributed by atoms with Crippen molar-refractivity contribution in [2.75, 3.05) is 6.54 Å². The summed E-state index contributed by atoms with van der Waals surface area (Å²) < 4.78 is 1.74. The van der Waals surface area contributed by atoms with Gasteiger partial charge < -0.3 is 5.73 Å². The van der Waals surface area contributed by atoms with Gasteiger partial charge in [-0.05, 0) is 38.0 Å². The summed E-state index contributed by atoms with van der Waals surface area (Å²) in [5, 5.41) is 4.68. The molecule has 1 aromatic heterocycles. The molecule has 0 amide bonds. The Morgan fingerprint density at radius 2 is 2.20 bits per heavy atom. The number of nitrogens with two attached hydrogens (primary N) is 1. The second-order valence-electron chi connectivity index (χ2n) is 6.06. The number of Topliss-reactive ketones (excluding diaryl/α,β-unsaturated/α-hetero) is 1. The minimum Gasteiger partial charge on any atom is -0.329 e. The predicted octanol–water partition coefficient (Wildman–Crippen LogP) is 3.28. The van der Waals surface area contributed by atoms with Gasteiger partial charge in [0.2, 0.25) is 0 Å².